The molecule has 1 heterocycles. The Morgan fingerprint density at radius 2 is 2.12 bits per heavy atom. The molecule has 92 valence electrons. The van der Waals surface area contributed by atoms with E-state index in [4.69, 9.17) is 4.74 Å². The zero-order chi connectivity index (χ0) is 11.8. The molecular formula is C14H24O2. The third-order valence-corrected chi connectivity index (χ3v) is 4.05. The van der Waals surface area contributed by atoms with Crippen LogP contribution in [0.5, 0.6) is 0 Å². The third kappa shape index (κ3) is 2.00. The topological polar surface area (TPSA) is 29.5 Å². The predicted octanol–water partition coefficient (Wildman–Crippen LogP) is 3.26. The van der Waals surface area contributed by atoms with Gasteiger partial charge in [-0.2, -0.15) is 0 Å². The molecule has 2 heteroatoms. The van der Waals surface area contributed by atoms with Crippen LogP contribution in [0.2, 0.25) is 0 Å². The number of ether oxygens (including phenoxy) is 1. The Balaban J connectivity index is 2.27. The minimum atomic E-state index is -0.701. The van der Waals surface area contributed by atoms with Gasteiger partial charge in [0.05, 0.1) is 6.61 Å². The van der Waals surface area contributed by atoms with Gasteiger partial charge in [-0.05, 0) is 30.3 Å². The first-order valence-electron chi connectivity index (χ1n) is 6.50. The zero-order valence-electron chi connectivity index (χ0n) is 10.8. The molecule has 0 bridgehead atoms. The summed E-state index contributed by atoms with van der Waals surface area (Å²) in [6.45, 7) is 7.42. The number of hydrogen-bond donors (Lipinski definition) is 1. The fourth-order valence-corrected chi connectivity index (χ4v) is 3.32. The number of aliphatic hydroxyl groups is 1. The van der Waals surface area contributed by atoms with Gasteiger partial charge in [-0.1, -0.05) is 33.6 Å². The van der Waals surface area contributed by atoms with Gasteiger partial charge >= 0.3 is 0 Å². The normalized spacial score (nSPS) is 35.8. The lowest BCUT2D eigenvalue weighted by molar-refractivity contribution is -0.0911. The molecule has 2 rings (SSSR count). The highest BCUT2D eigenvalue weighted by Crippen LogP contribution is 2.48. The molecule has 2 aliphatic rings. The van der Waals surface area contributed by atoms with Crippen molar-refractivity contribution >= 4 is 0 Å². The van der Waals surface area contributed by atoms with Gasteiger partial charge in [0.15, 0.2) is 0 Å². The van der Waals surface area contributed by atoms with E-state index in [0.717, 1.165) is 38.0 Å². The zero-order valence-corrected chi connectivity index (χ0v) is 10.8. The van der Waals surface area contributed by atoms with E-state index in [1.807, 2.05) is 0 Å². The van der Waals surface area contributed by atoms with Crippen molar-refractivity contribution in [3.63, 3.8) is 0 Å². The van der Waals surface area contributed by atoms with Crippen molar-refractivity contribution in [2.75, 3.05) is 6.61 Å². The highest BCUT2D eigenvalue weighted by atomic mass is 16.5. The van der Waals surface area contributed by atoms with Crippen LogP contribution in [0.4, 0.5) is 0 Å². The smallest absolute Gasteiger partial charge is 0.124 e. The van der Waals surface area contributed by atoms with Crippen LogP contribution in [0, 0.1) is 11.3 Å². The lowest BCUT2D eigenvalue weighted by Gasteiger charge is -2.46. The average molecular weight is 224 g/mol. The van der Waals surface area contributed by atoms with Crippen LogP contribution < -0.4 is 0 Å². The van der Waals surface area contributed by atoms with Crippen molar-refractivity contribution in [1.29, 1.82) is 0 Å². The summed E-state index contributed by atoms with van der Waals surface area (Å²) >= 11 is 0. The van der Waals surface area contributed by atoms with Crippen molar-refractivity contribution in [2.24, 2.45) is 11.3 Å². The Bertz CT molecular complexity index is 288. The van der Waals surface area contributed by atoms with Crippen LogP contribution in [-0.4, -0.2) is 17.3 Å². The molecule has 2 nitrogen and oxygen atoms in total. The van der Waals surface area contributed by atoms with Gasteiger partial charge < -0.3 is 9.84 Å². The maximum atomic E-state index is 11.0. The largest absolute Gasteiger partial charge is 0.495 e. The summed E-state index contributed by atoms with van der Waals surface area (Å²) in [6, 6.07) is 0. The first-order chi connectivity index (χ1) is 7.44. The maximum Gasteiger partial charge on any atom is 0.124 e. The van der Waals surface area contributed by atoms with Crippen molar-refractivity contribution in [2.45, 2.75) is 58.5 Å². The Hall–Kier alpha value is -0.500. The lowest BCUT2D eigenvalue weighted by atomic mass is 9.63. The van der Waals surface area contributed by atoms with Gasteiger partial charge in [0.1, 0.15) is 11.4 Å². The van der Waals surface area contributed by atoms with Crippen LogP contribution in [0.1, 0.15) is 52.9 Å². The summed E-state index contributed by atoms with van der Waals surface area (Å²) in [7, 11) is 0. The quantitative estimate of drug-likeness (QED) is 0.741. The molecule has 1 aliphatic heterocycles. The van der Waals surface area contributed by atoms with Crippen LogP contribution in [0.3, 0.4) is 0 Å². The Morgan fingerprint density at radius 1 is 1.38 bits per heavy atom. The van der Waals surface area contributed by atoms with Gasteiger partial charge in [0, 0.05) is 6.42 Å². The fourth-order valence-electron chi connectivity index (χ4n) is 3.32. The molecular weight excluding hydrogens is 200 g/mol. The number of hydrogen-bond acceptors (Lipinski definition) is 2. The summed E-state index contributed by atoms with van der Waals surface area (Å²) in [4.78, 5) is 0. The Labute approximate surface area is 98.7 Å². The molecule has 1 aliphatic carbocycles. The summed E-state index contributed by atoms with van der Waals surface area (Å²) < 4.78 is 5.63. The SMILES string of the molecule is CC(C)(C)C1CCCCC1(O)C1=CCCO1. The molecule has 0 saturated heterocycles. The summed E-state index contributed by atoms with van der Waals surface area (Å²) in [6.07, 6.45) is 7.36. The highest BCUT2D eigenvalue weighted by molar-refractivity contribution is 5.18. The van der Waals surface area contributed by atoms with Crippen molar-refractivity contribution in [3.05, 3.63) is 11.8 Å². The molecule has 0 aromatic heterocycles. The molecule has 0 spiro atoms. The monoisotopic (exact) mass is 224 g/mol. The Kier molecular flexibility index (Phi) is 3.04. The molecule has 1 saturated carbocycles. The minimum Gasteiger partial charge on any atom is -0.495 e. The molecule has 1 N–H and O–H groups in total. The van der Waals surface area contributed by atoms with E-state index >= 15 is 0 Å². The number of rotatable bonds is 1. The molecule has 1 fully saturated rings. The maximum absolute atomic E-state index is 11.0. The molecule has 2 atom stereocenters. The van der Waals surface area contributed by atoms with Gasteiger partial charge in [0.25, 0.3) is 0 Å². The molecule has 0 amide bonds. The minimum absolute atomic E-state index is 0.141. The van der Waals surface area contributed by atoms with Crippen molar-refractivity contribution in [3.8, 4) is 0 Å². The molecule has 16 heavy (non-hydrogen) atoms. The van der Waals surface area contributed by atoms with E-state index in [9.17, 15) is 5.11 Å². The second-order valence-electron chi connectivity index (χ2n) is 6.29. The van der Waals surface area contributed by atoms with Gasteiger partial charge in [-0.15, -0.1) is 0 Å². The first-order valence-corrected chi connectivity index (χ1v) is 6.50. The van der Waals surface area contributed by atoms with Crippen LogP contribution in [-0.2, 0) is 4.74 Å². The van der Waals surface area contributed by atoms with Crippen molar-refractivity contribution < 1.29 is 9.84 Å². The second kappa shape index (κ2) is 4.06. The van der Waals surface area contributed by atoms with E-state index in [0.29, 0.717) is 5.92 Å². The van der Waals surface area contributed by atoms with E-state index < -0.39 is 5.60 Å². The third-order valence-electron chi connectivity index (χ3n) is 4.05. The standard InChI is InChI=1S/C14H24O2/c1-13(2,3)11-7-4-5-9-14(11,15)12-8-6-10-16-12/h8,11,15H,4-7,9-10H2,1-3H3. The van der Waals surface area contributed by atoms with Gasteiger partial charge in [-0.3, -0.25) is 0 Å². The average Bonchev–Trinajstić information content (AvgIpc) is 2.69. The Morgan fingerprint density at radius 3 is 2.69 bits per heavy atom. The second-order valence-corrected chi connectivity index (χ2v) is 6.29. The fraction of sp³-hybridized carbons (Fsp3) is 0.857. The first kappa shape index (κ1) is 12.0. The highest BCUT2D eigenvalue weighted by Gasteiger charge is 2.48. The molecule has 0 aromatic rings. The van der Waals surface area contributed by atoms with E-state index in [-0.39, 0.29) is 5.41 Å². The van der Waals surface area contributed by atoms with E-state index in [1.54, 1.807) is 0 Å². The van der Waals surface area contributed by atoms with Gasteiger partial charge in [-0.25, -0.2) is 0 Å². The lowest BCUT2D eigenvalue weighted by Crippen LogP contribution is -2.48. The summed E-state index contributed by atoms with van der Waals surface area (Å²) in [5, 5.41) is 11.0. The summed E-state index contributed by atoms with van der Waals surface area (Å²) in [5.41, 5.74) is -0.561. The van der Waals surface area contributed by atoms with Crippen LogP contribution >= 0.6 is 0 Å². The van der Waals surface area contributed by atoms with Crippen LogP contribution in [0.15, 0.2) is 11.8 Å². The van der Waals surface area contributed by atoms with Crippen LogP contribution in [0.25, 0.3) is 0 Å². The van der Waals surface area contributed by atoms with E-state index in [2.05, 4.69) is 26.8 Å². The molecule has 0 aromatic carbocycles. The van der Waals surface area contributed by atoms with Crippen molar-refractivity contribution in [1.82, 2.24) is 0 Å². The molecule has 0 radical (unpaired) electrons. The van der Waals surface area contributed by atoms with Gasteiger partial charge in [0.2, 0.25) is 0 Å². The summed E-state index contributed by atoms with van der Waals surface area (Å²) in [5.74, 6) is 1.17. The molecule has 2 unspecified atom stereocenters. The van der Waals surface area contributed by atoms with E-state index in [1.165, 1.54) is 6.42 Å². The predicted molar refractivity (Wildman–Crippen MR) is 65.0 cm³/mol.